The molecule has 2 saturated heterocycles. The molecule has 0 saturated carbocycles. The Morgan fingerprint density at radius 1 is 0.672 bits per heavy atom. The molecule has 21 heteroatoms. The first-order valence-electron chi connectivity index (χ1n) is 20.7. The van der Waals surface area contributed by atoms with Crippen LogP contribution in [0.25, 0.3) is 33.6 Å². The Hall–Kier alpha value is -6.09. The molecule has 2 fully saturated rings. The molecule has 2 aromatic heterocycles. The molecule has 6 rings (SSSR count). The summed E-state index contributed by atoms with van der Waals surface area (Å²) >= 11 is 0. The predicted molar refractivity (Wildman–Crippen MR) is 221 cm³/mol. The lowest BCUT2D eigenvalue weighted by Crippen LogP contribution is -2.49. The molecule has 16 nitrogen and oxygen atoms in total. The number of H-pyrrole nitrogens is 2. The molecule has 4 N–H and O–H groups in total. The quantitative estimate of drug-likeness (QED) is 0.0601. The van der Waals surface area contributed by atoms with E-state index >= 15 is 0 Å². The zero-order valence-electron chi connectivity index (χ0n) is 35.5. The second-order valence-electron chi connectivity index (χ2n) is 15.6. The molecule has 4 aromatic rings. The second kappa shape index (κ2) is 21.1. The molecule has 0 radical (unpaired) electrons. The van der Waals surface area contributed by atoms with Crippen LogP contribution in [0, 0.1) is 0 Å². The first kappa shape index (κ1) is 47.4. The number of halogens is 5. The van der Waals surface area contributed by atoms with Crippen molar-refractivity contribution in [2.45, 2.75) is 81.7 Å². The van der Waals surface area contributed by atoms with Crippen LogP contribution in [0.5, 0.6) is 0 Å². The molecule has 0 aliphatic carbocycles. The smallest absolute Gasteiger partial charge is 0.411 e. The average Bonchev–Trinajstić information content (AvgIpc) is 4.12. The van der Waals surface area contributed by atoms with Crippen LogP contribution in [0.15, 0.2) is 60.9 Å². The van der Waals surface area contributed by atoms with Crippen molar-refractivity contribution in [2.24, 2.45) is 0 Å². The van der Waals surface area contributed by atoms with Crippen LogP contribution in [0.1, 0.15) is 69.2 Å². The van der Waals surface area contributed by atoms with Crippen molar-refractivity contribution in [1.29, 1.82) is 0 Å². The lowest BCUT2D eigenvalue weighted by molar-refractivity contribution is -0.174. The summed E-state index contributed by atoms with van der Waals surface area (Å²) in [5.41, 5.74) is 5.03. The number of nitrogens with zero attached hydrogens (tertiary/aromatic N) is 4. The maximum atomic E-state index is 13.7. The molecule has 2 aromatic carbocycles. The van der Waals surface area contributed by atoms with Gasteiger partial charge < -0.3 is 49.3 Å². The highest BCUT2D eigenvalue weighted by Gasteiger charge is 2.38. The number of aromatic nitrogens is 4. The maximum absolute atomic E-state index is 13.7. The Morgan fingerprint density at radius 3 is 1.44 bits per heavy atom. The van der Waals surface area contributed by atoms with Crippen LogP contribution in [-0.2, 0) is 28.5 Å². The summed E-state index contributed by atoms with van der Waals surface area (Å²) in [7, 11) is 2.29. The average molecular weight is 903 g/mol. The third kappa shape index (κ3) is 12.5. The minimum absolute atomic E-state index is 0.0271. The standard InChI is InChI=1S/C43H51F5N8O8/c1-42(44,45)24-63-20-16-30(53-40(59)61-2)38(57)55-18-4-6-34(55)36-49-22-32(51-36)28-12-8-26(9-13-28)27-10-14-29(15-11-27)33-23-50-37(52-33)35-7-5-19-56(35)39(58)31(54-41(60)62-3)17-21-64-25-43(46,47)48/h8-15,22-23,30-31,34-35H,4-7,16-21,24-25H2,1-3H3,(H,49,51)(H,50,52)(H,53,59)(H,54,60)/t30-,31-,34-,35-/m0/s1. The van der Waals surface area contributed by atoms with Gasteiger partial charge in [-0.2, -0.15) is 13.2 Å². The summed E-state index contributed by atoms with van der Waals surface area (Å²) in [4.78, 5) is 70.3. The first-order chi connectivity index (χ1) is 30.5. The molecule has 2 aliphatic rings. The van der Waals surface area contributed by atoms with Crippen LogP contribution in [0.2, 0.25) is 0 Å². The van der Waals surface area contributed by atoms with Crippen LogP contribution >= 0.6 is 0 Å². The van der Waals surface area contributed by atoms with Crippen molar-refractivity contribution in [2.75, 3.05) is 53.7 Å². The monoisotopic (exact) mass is 902 g/mol. The molecular weight excluding hydrogens is 852 g/mol. The lowest BCUT2D eigenvalue weighted by Gasteiger charge is -2.28. The van der Waals surface area contributed by atoms with Crippen LogP contribution in [0.3, 0.4) is 0 Å². The van der Waals surface area contributed by atoms with Gasteiger partial charge in [-0.25, -0.2) is 28.3 Å². The fraction of sp³-hybridized carbons (Fsp3) is 0.488. The molecule has 0 bridgehead atoms. The van der Waals surface area contributed by atoms with E-state index in [0.29, 0.717) is 56.1 Å². The van der Waals surface area contributed by atoms with E-state index in [0.717, 1.165) is 42.0 Å². The number of likely N-dealkylation sites (tertiary alicyclic amines) is 2. The number of methoxy groups -OCH3 is 2. The molecule has 346 valence electrons. The second-order valence-corrected chi connectivity index (χ2v) is 15.6. The predicted octanol–water partition coefficient (Wildman–Crippen LogP) is 6.94. The maximum Gasteiger partial charge on any atom is 0.411 e. The lowest BCUT2D eigenvalue weighted by atomic mass is 10.0. The summed E-state index contributed by atoms with van der Waals surface area (Å²) in [5, 5.41) is 4.92. The number of nitrogens with one attached hydrogen (secondary N) is 4. The van der Waals surface area contributed by atoms with Gasteiger partial charge in [0.1, 0.15) is 36.9 Å². The number of imidazole rings is 2. The number of benzene rings is 2. The number of alkyl carbamates (subject to hydrolysis) is 2. The Bertz CT molecular complexity index is 2040. The molecule has 4 heterocycles. The van der Waals surface area contributed by atoms with Gasteiger partial charge in [-0.1, -0.05) is 48.5 Å². The van der Waals surface area contributed by atoms with Crippen molar-refractivity contribution in [3.05, 3.63) is 72.6 Å². The minimum Gasteiger partial charge on any atom is -0.453 e. The van der Waals surface area contributed by atoms with Gasteiger partial charge >= 0.3 is 18.4 Å². The van der Waals surface area contributed by atoms with Crippen molar-refractivity contribution in [3.8, 4) is 33.6 Å². The molecule has 2 aliphatic heterocycles. The Balaban J connectivity index is 1.07. The summed E-state index contributed by atoms with van der Waals surface area (Å²) in [5.74, 6) is -2.81. The number of carbonyl (C=O) groups is 4. The minimum atomic E-state index is -4.53. The number of alkyl halides is 5. The van der Waals surface area contributed by atoms with E-state index < -0.39 is 80.1 Å². The fourth-order valence-corrected chi connectivity index (χ4v) is 7.78. The summed E-state index contributed by atoms with van der Waals surface area (Å²) in [6.07, 6.45) is -0.535. The third-order valence-electron chi connectivity index (χ3n) is 10.9. The first-order valence-corrected chi connectivity index (χ1v) is 20.7. The van der Waals surface area contributed by atoms with Gasteiger partial charge in [-0.05, 0) is 47.9 Å². The van der Waals surface area contributed by atoms with Gasteiger partial charge in [0.15, 0.2) is 0 Å². The highest BCUT2D eigenvalue weighted by Crippen LogP contribution is 2.35. The molecule has 64 heavy (non-hydrogen) atoms. The number of amides is 4. The Morgan fingerprint density at radius 2 is 1.06 bits per heavy atom. The van der Waals surface area contributed by atoms with E-state index in [2.05, 4.69) is 40.0 Å². The number of ether oxygens (including phenoxy) is 4. The SMILES string of the molecule is COC(=O)N[C@@H](CCOCC(C)(F)F)C(=O)N1CCC[C@H]1c1ncc(-c2ccc(-c3ccc(-c4cnc([C@@H]5CCCN5C(=O)[C@H](CCOCC(F)(F)F)NC(=O)OC)[nH]4)cc3)cc2)[nH]1. The van der Waals surface area contributed by atoms with Gasteiger partial charge in [0.05, 0.1) is 50.1 Å². The number of hydrogen-bond acceptors (Lipinski definition) is 10. The molecule has 4 amide bonds. The zero-order valence-corrected chi connectivity index (χ0v) is 35.5. The van der Waals surface area contributed by atoms with Crippen LogP contribution in [-0.4, -0.2) is 132 Å². The summed E-state index contributed by atoms with van der Waals surface area (Å²) in [6, 6.07) is 12.6. The van der Waals surface area contributed by atoms with E-state index in [4.69, 9.17) is 9.47 Å². The largest absolute Gasteiger partial charge is 0.453 e. The fourth-order valence-electron chi connectivity index (χ4n) is 7.78. The Kier molecular flexibility index (Phi) is 15.6. The van der Waals surface area contributed by atoms with E-state index in [1.165, 1.54) is 7.11 Å². The van der Waals surface area contributed by atoms with Gasteiger partial charge in [-0.3, -0.25) is 9.59 Å². The normalized spacial score (nSPS) is 17.6. The van der Waals surface area contributed by atoms with Crippen molar-refractivity contribution in [1.82, 2.24) is 40.4 Å². The summed E-state index contributed by atoms with van der Waals surface area (Å²) < 4.78 is 83.4. The van der Waals surface area contributed by atoms with Gasteiger partial charge in [-0.15, -0.1) is 0 Å². The molecule has 0 spiro atoms. The molecule has 4 atom stereocenters. The van der Waals surface area contributed by atoms with Gasteiger partial charge in [0, 0.05) is 46.1 Å². The van der Waals surface area contributed by atoms with Crippen molar-refractivity contribution >= 4 is 24.0 Å². The Labute approximate surface area is 365 Å². The number of carbonyl (C=O) groups excluding carboxylic acids is 4. The number of hydrogen-bond donors (Lipinski definition) is 4. The van der Waals surface area contributed by atoms with E-state index in [1.54, 1.807) is 22.2 Å². The highest BCUT2D eigenvalue weighted by atomic mass is 19.4. The summed E-state index contributed by atoms with van der Waals surface area (Å²) in [6.45, 7) is -1.35. The topological polar surface area (TPSA) is 193 Å². The van der Waals surface area contributed by atoms with E-state index in [9.17, 15) is 41.1 Å². The molecular formula is C43H51F5N8O8. The number of rotatable bonds is 18. The van der Waals surface area contributed by atoms with E-state index in [-0.39, 0.29) is 19.4 Å². The van der Waals surface area contributed by atoms with Crippen LogP contribution in [0.4, 0.5) is 31.5 Å². The van der Waals surface area contributed by atoms with Gasteiger partial charge in [0.2, 0.25) is 11.8 Å². The van der Waals surface area contributed by atoms with Crippen molar-refractivity contribution < 1.29 is 60.1 Å². The highest BCUT2D eigenvalue weighted by molar-refractivity contribution is 5.87. The zero-order chi connectivity index (χ0) is 46.0. The molecule has 0 unspecified atom stereocenters. The van der Waals surface area contributed by atoms with Crippen LogP contribution < -0.4 is 10.6 Å². The third-order valence-corrected chi connectivity index (χ3v) is 10.9. The van der Waals surface area contributed by atoms with Gasteiger partial charge in [0.25, 0.3) is 5.92 Å². The number of aromatic amines is 2. The van der Waals surface area contributed by atoms with Crippen molar-refractivity contribution in [3.63, 3.8) is 0 Å². The van der Waals surface area contributed by atoms with E-state index in [1.807, 2.05) is 48.5 Å².